The zero-order valence-corrected chi connectivity index (χ0v) is 21.1. The molecule has 0 bridgehead atoms. The van der Waals surface area contributed by atoms with Gasteiger partial charge in [-0.05, 0) is 85.9 Å². The number of pyridine rings is 1. The van der Waals surface area contributed by atoms with Crippen LogP contribution in [0.15, 0.2) is 71.3 Å². The van der Waals surface area contributed by atoms with Gasteiger partial charge < -0.3 is 19.8 Å². The fraction of sp³-hybridized carbons (Fsp3) is 0.200. The molecule has 0 saturated carbocycles. The zero-order valence-electron chi connectivity index (χ0n) is 21.1. The standard InChI is InChI=1S/C30H27N3O5/c1-18(29(35)32-22-14-12-21(13-15-22)31-19(2)34)38-30(36)27-24-9-3-4-11-26(24)33-28-20(7-5-10-25(27)28)17-23-8-6-16-37-23/h3-4,6,8-9,11-18H,5,7,10H2,1-2H3,(H,31,34)(H,32,35)/b20-17-/t18-/m0/s1. The maximum absolute atomic E-state index is 13.6. The Labute approximate surface area is 219 Å². The maximum Gasteiger partial charge on any atom is 0.339 e. The fourth-order valence-corrected chi connectivity index (χ4v) is 4.61. The van der Waals surface area contributed by atoms with Crippen molar-refractivity contribution in [2.75, 3.05) is 10.6 Å². The zero-order chi connectivity index (χ0) is 26.6. The van der Waals surface area contributed by atoms with Gasteiger partial charge in [0, 0.05) is 23.7 Å². The largest absolute Gasteiger partial charge is 0.465 e. The van der Waals surface area contributed by atoms with E-state index in [1.165, 1.54) is 13.8 Å². The third-order valence-corrected chi connectivity index (χ3v) is 6.36. The molecule has 4 aromatic rings. The van der Waals surface area contributed by atoms with E-state index in [-0.39, 0.29) is 5.91 Å². The predicted molar refractivity (Wildman–Crippen MR) is 146 cm³/mol. The number of allylic oxidation sites excluding steroid dienone is 1. The summed E-state index contributed by atoms with van der Waals surface area (Å²) in [7, 11) is 0. The molecular weight excluding hydrogens is 482 g/mol. The molecule has 0 spiro atoms. The average Bonchev–Trinajstić information content (AvgIpc) is 3.41. The number of furan rings is 1. The number of hydrogen-bond donors (Lipinski definition) is 2. The molecule has 5 rings (SSSR count). The molecule has 0 fully saturated rings. The van der Waals surface area contributed by atoms with Gasteiger partial charge in [-0.1, -0.05) is 18.2 Å². The first-order chi connectivity index (χ1) is 18.4. The van der Waals surface area contributed by atoms with Crippen LogP contribution in [0.4, 0.5) is 11.4 Å². The first-order valence-corrected chi connectivity index (χ1v) is 12.4. The van der Waals surface area contributed by atoms with E-state index in [2.05, 4.69) is 10.6 Å². The summed E-state index contributed by atoms with van der Waals surface area (Å²) in [5.74, 6) is -0.488. The van der Waals surface area contributed by atoms with Crippen molar-refractivity contribution in [3.05, 3.63) is 89.5 Å². The van der Waals surface area contributed by atoms with Gasteiger partial charge in [-0.2, -0.15) is 0 Å². The molecule has 2 aromatic carbocycles. The number of aromatic nitrogens is 1. The van der Waals surface area contributed by atoms with Gasteiger partial charge >= 0.3 is 5.97 Å². The number of ether oxygens (including phenoxy) is 1. The van der Waals surface area contributed by atoms with Crippen LogP contribution in [-0.4, -0.2) is 28.9 Å². The van der Waals surface area contributed by atoms with Crippen molar-refractivity contribution in [1.29, 1.82) is 0 Å². The molecule has 0 aliphatic heterocycles. The topological polar surface area (TPSA) is 111 Å². The summed E-state index contributed by atoms with van der Waals surface area (Å²) in [5.41, 5.74) is 4.83. The first kappa shape index (κ1) is 25.0. The van der Waals surface area contributed by atoms with E-state index in [4.69, 9.17) is 14.1 Å². The van der Waals surface area contributed by atoms with Gasteiger partial charge in [0.2, 0.25) is 5.91 Å². The number of para-hydroxylation sites is 1. The average molecular weight is 510 g/mol. The van der Waals surface area contributed by atoms with E-state index in [1.54, 1.807) is 30.5 Å². The molecule has 0 saturated heterocycles. The molecule has 1 atom stereocenters. The molecule has 0 radical (unpaired) electrons. The van der Waals surface area contributed by atoms with Gasteiger partial charge in [0.15, 0.2) is 6.10 Å². The second-order valence-electron chi connectivity index (χ2n) is 9.16. The normalized spacial score (nSPS) is 14.5. The number of hydrogen-bond acceptors (Lipinski definition) is 6. The predicted octanol–water partition coefficient (Wildman–Crippen LogP) is 5.85. The Morgan fingerprint density at radius 3 is 2.42 bits per heavy atom. The van der Waals surface area contributed by atoms with Crippen LogP contribution in [0.25, 0.3) is 22.6 Å². The molecule has 8 heteroatoms. The molecule has 1 aliphatic rings. The first-order valence-electron chi connectivity index (χ1n) is 12.4. The van der Waals surface area contributed by atoms with Crippen LogP contribution < -0.4 is 10.6 Å². The molecule has 1 aliphatic carbocycles. The van der Waals surface area contributed by atoms with E-state index in [1.807, 2.05) is 42.5 Å². The summed E-state index contributed by atoms with van der Waals surface area (Å²) in [5, 5.41) is 6.11. The Kier molecular flexibility index (Phi) is 7.04. The van der Waals surface area contributed by atoms with Crippen molar-refractivity contribution in [2.45, 2.75) is 39.2 Å². The van der Waals surface area contributed by atoms with Crippen molar-refractivity contribution >= 4 is 51.7 Å². The number of carbonyl (C=O) groups excluding carboxylic acids is 3. The highest BCUT2D eigenvalue weighted by Crippen LogP contribution is 2.36. The minimum atomic E-state index is -1.04. The number of esters is 1. The van der Waals surface area contributed by atoms with Crippen molar-refractivity contribution < 1.29 is 23.5 Å². The Morgan fingerprint density at radius 2 is 1.71 bits per heavy atom. The number of nitrogens with one attached hydrogen (secondary N) is 2. The monoisotopic (exact) mass is 509 g/mol. The quantitative estimate of drug-likeness (QED) is 0.316. The van der Waals surface area contributed by atoms with Crippen LogP contribution in [0.3, 0.4) is 0 Å². The van der Waals surface area contributed by atoms with Crippen molar-refractivity contribution in [3.63, 3.8) is 0 Å². The number of fused-ring (bicyclic) bond motifs is 2. The van der Waals surface area contributed by atoms with E-state index in [0.717, 1.165) is 35.4 Å². The number of rotatable bonds is 6. The van der Waals surface area contributed by atoms with Crippen molar-refractivity contribution in [1.82, 2.24) is 4.98 Å². The number of benzene rings is 2. The smallest absolute Gasteiger partial charge is 0.339 e. The number of amides is 2. The molecule has 2 amide bonds. The van der Waals surface area contributed by atoms with Gasteiger partial charge in [0.25, 0.3) is 5.91 Å². The second kappa shape index (κ2) is 10.7. The highest BCUT2D eigenvalue weighted by molar-refractivity contribution is 6.07. The summed E-state index contributed by atoms with van der Waals surface area (Å²) in [6, 6.07) is 17.8. The third kappa shape index (κ3) is 5.34. The Morgan fingerprint density at radius 1 is 0.974 bits per heavy atom. The molecule has 8 nitrogen and oxygen atoms in total. The van der Waals surface area contributed by atoms with E-state index in [0.29, 0.717) is 34.3 Å². The van der Waals surface area contributed by atoms with Crippen LogP contribution in [0.1, 0.15) is 54.1 Å². The summed E-state index contributed by atoms with van der Waals surface area (Å²) in [6.45, 7) is 2.96. The summed E-state index contributed by atoms with van der Waals surface area (Å²) < 4.78 is 11.2. The van der Waals surface area contributed by atoms with Gasteiger partial charge in [-0.15, -0.1) is 0 Å². The Bertz CT molecular complexity index is 1540. The molecule has 2 aromatic heterocycles. The lowest BCUT2D eigenvalue weighted by Crippen LogP contribution is -2.30. The highest BCUT2D eigenvalue weighted by Gasteiger charge is 2.28. The molecule has 192 valence electrons. The minimum absolute atomic E-state index is 0.184. The molecule has 38 heavy (non-hydrogen) atoms. The molecular formula is C30H27N3O5. The van der Waals surface area contributed by atoms with Crippen molar-refractivity contribution in [3.8, 4) is 0 Å². The van der Waals surface area contributed by atoms with E-state index < -0.39 is 18.0 Å². The van der Waals surface area contributed by atoms with Gasteiger partial charge in [-0.3, -0.25) is 9.59 Å². The Hall–Kier alpha value is -4.72. The maximum atomic E-state index is 13.6. The summed E-state index contributed by atoms with van der Waals surface area (Å²) in [6.07, 6.45) is 4.88. The highest BCUT2D eigenvalue weighted by atomic mass is 16.5. The molecule has 2 heterocycles. The minimum Gasteiger partial charge on any atom is -0.465 e. The lowest BCUT2D eigenvalue weighted by Gasteiger charge is -2.23. The number of nitrogens with zero attached hydrogens (tertiary/aromatic N) is 1. The SMILES string of the molecule is CC(=O)Nc1ccc(NC(=O)[C@H](C)OC(=O)c2c3c(nc4ccccc24)/C(=C\c2ccco2)CCC3)cc1. The molecule has 2 N–H and O–H groups in total. The van der Waals surface area contributed by atoms with Gasteiger partial charge in [0.1, 0.15) is 5.76 Å². The van der Waals surface area contributed by atoms with Crippen LogP contribution in [0.2, 0.25) is 0 Å². The van der Waals surface area contributed by atoms with Gasteiger partial charge in [-0.25, -0.2) is 9.78 Å². The third-order valence-electron chi connectivity index (χ3n) is 6.36. The van der Waals surface area contributed by atoms with Crippen LogP contribution in [0, 0.1) is 0 Å². The van der Waals surface area contributed by atoms with E-state index >= 15 is 0 Å². The summed E-state index contributed by atoms with van der Waals surface area (Å²) in [4.78, 5) is 42.5. The lowest BCUT2D eigenvalue weighted by molar-refractivity contribution is -0.123. The lowest BCUT2D eigenvalue weighted by atomic mass is 9.86. The fourth-order valence-electron chi connectivity index (χ4n) is 4.61. The summed E-state index contributed by atoms with van der Waals surface area (Å²) >= 11 is 0. The second-order valence-corrected chi connectivity index (χ2v) is 9.16. The Balaban J connectivity index is 1.40. The number of anilines is 2. The van der Waals surface area contributed by atoms with Crippen molar-refractivity contribution in [2.24, 2.45) is 0 Å². The van der Waals surface area contributed by atoms with Crippen LogP contribution >= 0.6 is 0 Å². The van der Waals surface area contributed by atoms with Gasteiger partial charge in [0.05, 0.1) is 23.0 Å². The number of carbonyl (C=O) groups is 3. The van der Waals surface area contributed by atoms with E-state index in [9.17, 15) is 14.4 Å². The van der Waals surface area contributed by atoms with Crippen LogP contribution in [0.5, 0.6) is 0 Å². The molecule has 0 unspecified atom stereocenters. The van der Waals surface area contributed by atoms with Crippen LogP contribution in [-0.2, 0) is 20.7 Å².